The van der Waals surface area contributed by atoms with Crippen molar-refractivity contribution >= 4 is 17.5 Å². The lowest BCUT2D eigenvalue weighted by molar-refractivity contribution is -0.119. The van der Waals surface area contributed by atoms with Gasteiger partial charge in [-0.1, -0.05) is 6.07 Å². The quantitative estimate of drug-likeness (QED) is 0.726. The molecular weight excluding hydrogens is 230 g/mol. The molecule has 1 rings (SSSR count). The number of rotatable bonds is 5. The smallest absolute Gasteiger partial charge is 0.253 e. The van der Waals surface area contributed by atoms with Gasteiger partial charge >= 0.3 is 0 Å². The third-order valence-electron chi connectivity index (χ3n) is 2.48. The highest BCUT2D eigenvalue weighted by molar-refractivity contribution is 6.01. The molecular formula is C13H19N3O2. The number of likely N-dealkylation sites (N-methyl/N-ethyl adjacent to an activating group) is 1. The van der Waals surface area contributed by atoms with Crippen LogP contribution in [0.4, 0.5) is 5.69 Å². The zero-order valence-corrected chi connectivity index (χ0v) is 11.0. The number of nitrogens with one attached hydrogen (secondary N) is 3. The molecule has 1 aromatic rings. The zero-order chi connectivity index (χ0) is 13.5. The number of aryl methyl sites for hydroxylation is 1. The normalized spacial score (nSPS) is 9.72. The molecule has 0 fully saturated rings. The Morgan fingerprint density at radius 2 is 2.00 bits per heavy atom. The maximum absolute atomic E-state index is 11.9. The Bertz CT molecular complexity index is 444. The first kappa shape index (κ1) is 14.0. The number of carbonyl (C=O) groups excluding carboxylic acids is 2. The fourth-order valence-corrected chi connectivity index (χ4v) is 1.54. The summed E-state index contributed by atoms with van der Waals surface area (Å²) in [6.45, 7) is 4.65. The molecule has 0 spiro atoms. The predicted octanol–water partition coefficient (Wildman–Crippen LogP) is 0.903. The third-order valence-corrected chi connectivity index (χ3v) is 2.48. The molecule has 0 radical (unpaired) electrons. The molecule has 0 atom stereocenters. The van der Waals surface area contributed by atoms with Crippen molar-refractivity contribution in [3.63, 3.8) is 0 Å². The molecule has 0 aromatic heterocycles. The third kappa shape index (κ3) is 3.76. The van der Waals surface area contributed by atoms with Gasteiger partial charge < -0.3 is 16.0 Å². The molecule has 0 aliphatic carbocycles. The van der Waals surface area contributed by atoms with Gasteiger partial charge in [0.15, 0.2) is 0 Å². The minimum absolute atomic E-state index is 0.0191. The van der Waals surface area contributed by atoms with Crippen molar-refractivity contribution in [2.24, 2.45) is 0 Å². The van der Waals surface area contributed by atoms with E-state index in [1.54, 1.807) is 6.07 Å². The summed E-state index contributed by atoms with van der Waals surface area (Å²) in [7, 11) is 1.53. The van der Waals surface area contributed by atoms with Crippen molar-refractivity contribution in [3.8, 4) is 0 Å². The summed E-state index contributed by atoms with van der Waals surface area (Å²) in [5, 5.41) is 8.17. The minimum Gasteiger partial charge on any atom is -0.385 e. The number of carbonyl (C=O) groups is 2. The number of anilines is 1. The highest BCUT2D eigenvalue weighted by Gasteiger charge is 2.11. The van der Waals surface area contributed by atoms with Gasteiger partial charge in [-0.15, -0.1) is 0 Å². The Labute approximate surface area is 107 Å². The Hall–Kier alpha value is -2.04. The molecule has 1 aromatic carbocycles. The van der Waals surface area contributed by atoms with Crippen LogP contribution in [-0.4, -0.2) is 32.0 Å². The Kier molecular flexibility index (Phi) is 5.17. The average molecular weight is 249 g/mol. The van der Waals surface area contributed by atoms with Crippen LogP contribution >= 0.6 is 0 Å². The highest BCUT2D eigenvalue weighted by atomic mass is 16.2. The SMILES string of the molecule is CCNc1cc(C)ccc1C(=O)NCC(=O)NC. The van der Waals surface area contributed by atoms with E-state index in [0.717, 1.165) is 17.8 Å². The van der Waals surface area contributed by atoms with E-state index in [1.807, 2.05) is 26.0 Å². The summed E-state index contributed by atoms with van der Waals surface area (Å²) in [5.41, 5.74) is 2.41. The molecule has 3 N–H and O–H groups in total. The Morgan fingerprint density at radius 1 is 1.28 bits per heavy atom. The summed E-state index contributed by atoms with van der Waals surface area (Å²) in [6.07, 6.45) is 0. The number of benzene rings is 1. The number of hydrogen-bond acceptors (Lipinski definition) is 3. The van der Waals surface area contributed by atoms with Gasteiger partial charge in [-0.25, -0.2) is 0 Å². The van der Waals surface area contributed by atoms with Crippen molar-refractivity contribution in [2.75, 3.05) is 25.5 Å². The average Bonchev–Trinajstić information content (AvgIpc) is 2.36. The number of amides is 2. The van der Waals surface area contributed by atoms with Crippen LogP contribution < -0.4 is 16.0 Å². The van der Waals surface area contributed by atoms with Crippen LogP contribution in [0.5, 0.6) is 0 Å². The standard InChI is InChI=1S/C13H19N3O2/c1-4-15-11-7-9(2)5-6-10(11)13(18)16-8-12(17)14-3/h5-7,15H,4,8H2,1-3H3,(H,14,17)(H,16,18). The van der Waals surface area contributed by atoms with Crippen LogP contribution in [0.1, 0.15) is 22.8 Å². The summed E-state index contributed by atoms with van der Waals surface area (Å²) < 4.78 is 0. The van der Waals surface area contributed by atoms with Crippen molar-refractivity contribution < 1.29 is 9.59 Å². The van der Waals surface area contributed by atoms with Gasteiger partial charge in [0, 0.05) is 19.3 Å². The van der Waals surface area contributed by atoms with Gasteiger partial charge in [0.05, 0.1) is 12.1 Å². The molecule has 0 aliphatic heterocycles. The van der Waals surface area contributed by atoms with Crippen LogP contribution in [0.15, 0.2) is 18.2 Å². The van der Waals surface area contributed by atoms with Crippen LogP contribution in [0.2, 0.25) is 0 Å². The maximum Gasteiger partial charge on any atom is 0.253 e. The lowest BCUT2D eigenvalue weighted by Crippen LogP contribution is -2.35. The van der Waals surface area contributed by atoms with Crippen LogP contribution in [0, 0.1) is 6.92 Å². The molecule has 5 heteroatoms. The van der Waals surface area contributed by atoms with E-state index in [2.05, 4.69) is 16.0 Å². The van der Waals surface area contributed by atoms with E-state index in [-0.39, 0.29) is 18.4 Å². The minimum atomic E-state index is -0.255. The van der Waals surface area contributed by atoms with E-state index in [1.165, 1.54) is 7.05 Å². The van der Waals surface area contributed by atoms with Crippen molar-refractivity contribution in [1.82, 2.24) is 10.6 Å². The fourth-order valence-electron chi connectivity index (χ4n) is 1.54. The van der Waals surface area contributed by atoms with E-state index in [4.69, 9.17) is 0 Å². The van der Waals surface area contributed by atoms with Gasteiger partial charge in [0.25, 0.3) is 5.91 Å². The lowest BCUT2D eigenvalue weighted by Gasteiger charge is -2.11. The molecule has 0 saturated carbocycles. The molecule has 0 heterocycles. The topological polar surface area (TPSA) is 70.2 Å². The first-order valence-corrected chi connectivity index (χ1v) is 5.91. The van der Waals surface area contributed by atoms with Crippen molar-refractivity contribution in [2.45, 2.75) is 13.8 Å². The first-order valence-electron chi connectivity index (χ1n) is 5.91. The first-order chi connectivity index (χ1) is 8.58. The van der Waals surface area contributed by atoms with Crippen LogP contribution in [-0.2, 0) is 4.79 Å². The molecule has 2 amide bonds. The van der Waals surface area contributed by atoms with E-state index >= 15 is 0 Å². The summed E-state index contributed by atoms with van der Waals surface area (Å²) >= 11 is 0. The summed E-state index contributed by atoms with van der Waals surface area (Å²) in [4.78, 5) is 23.0. The largest absolute Gasteiger partial charge is 0.385 e. The molecule has 0 unspecified atom stereocenters. The maximum atomic E-state index is 11.9. The molecule has 0 bridgehead atoms. The van der Waals surface area contributed by atoms with Crippen LogP contribution in [0.3, 0.4) is 0 Å². The van der Waals surface area contributed by atoms with Gasteiger partial charge in [0.2, 0.25) is 5.91 Å². The molecule has 5 nitrogen and oxygen atoms in total. The fraction of sp³-hybridized carbons (Fsp3) is 0.385. The van der Waals surface area contributed by atoms with Crippen molar-refractivity contribution in [1.29, 1.82) is 0 Å². The monoisotopic (exact) mass is 249 g/mol. The van der Waals surface area contributed by atoms with Crippen molar-refractivity contribution in [3.05, 3.63) is 29.3 Å². The van der Waals surface area contributed by atoms with Gasteiger partial charge in [-0.3, -0.25) is 9.59 Å². The Morgan fingerprint density at radius 3 is 2.61 bits per heavy atom. The highest BCUT2D eigenvalue weighted by Crippen LogP contribution is 2.17. The summed E-state index contributed by atoms with van der Waals surface area (Å²) in [5.74, 6) is -0.477. The molecule has 18 heavy (non-hydrogen) atoms. The molecule has 0 saturated heterocycles. The second-order valence-electron chi connectivity index (χ2n) is 3.94. The van der Waals surface area contributed by atoms with Gasteiger partial charge in [-0.2, -0.15) is 0 Å². The predicted molar refractivity (Wildman–Crippen MR) is 71.7 cm³/mol. The Balaban J connectivity index is 2.81. The lowest BCUT2D eigenvalue weighted by atomic mass is 10.1. The number of hydrogen-bond donors (Lipinski definition) is 3. The summed E-state index contributed by atoms with van der Waals surface area (Å²) in [6, 6.07) is 5.54. The van der Waals surface area contributed by atoms with Gasteiger partial charge in [0.1, 0.15) is 0 Å². The molecule has 98 valence electrons. The second-order valence-corrected chi connectivity index (χ2v) is 3.94. The van der Waals surface area contributed by atoms with Crippen LogP contribution in [0.25, 0.3) is 0 Å². The van der Waals surface area contributed by atoms with E-state index < -0.39 is 0 Å². The van der Waals surface area contributed by atoms with E-state index in [0.29, 0.717) is 5.56 Å². The second kappa shape index (κ2) is 6.64. The van der Waals surface area contributed by atoms with E-state index in [9.17, 15) is 9.59 Å². The molecule has 0 aliphatic rings. The zero-order valence-electron chi connectivity index (χ0n) is 11.0. The van der Waals surface area contributed by atoms with Gasteiger partial charge in [-0.05, 0) is 31.5 Å².